The maximum Gasteiger partial charge on any atom is 0.265 e. The van der Waals surface area contributed by atoms with Gasteiger partial charge in [-0.1, -0.05) is 30.3 Å². The summed E-state index contributed by atoms with van der Waals surface area (Å²) in [5, 5.41) is 3.88. The lowest BCUT2D eigenvalue weighted by molar-refractivity contribution is -0.123. The summed E-state index contributed by atoms with van der Waals surface area (Å²) < 4.78 is 0. The van der Waals surface area contributed by atoms with Crippen molar-refractivity contribution >= 4 is 23.2 Å². The van der Waals surface area contributed by atoms with Crippen LogP contribution < -0.4 is 5.32 Å². The van der Waals surface area contributed by atoms with Crippen LogP contribution in [0.1, 0.15) is 42.6 Å². The average Bonchev–Trinajstić information content (AvgIpc) is 2.89. The van der Waals surface area contributed by atoms with E-state index in [2.05, 4.69) is 15.2 Å². The van der Waals surface area contributed by atoms with Crippen molar-refractivity contribution in [2.45, 2.75) is 39.7 Å². The highest BCUT2D eigenvalue weighted by atomic mass is 32.1. The SMILES string of the molecule is Cc1nc(-c2ccccc2)sc1C(=O)N1CCCN(CC(=O)NC(C)(C)C)CC1. The molecule has 0 bridgehead atoms. The maximum atomic E-state index is 13.1. The van der Waals surface area contributed by atoms with Crippen molar-refractivity contribution in [2.24, 2.45) is 0 Å². The Morgan fingerprint density at radius 1 is 1.10 bits per heavy atom. The molecule has 1 fully saturated rings. The fourth-order valence-electron chi connectivity index (χ4n) is 3.44. The number of carbonyl (C=O) groups is 2. The standard InChI is InChI=1S/C22H30N4O2S/c1-16-19(29-20(23-16)17-9-6-5-7-10-17)21(28)26-12-8-11-25(13-14-26)15-18(27)24-22(2,3)4/h5-7,9-10H,8,11-15H2,1-4H3,(H,24,27). The number of rotatable bonds is 4. The Bertz CT molecular complexity index is 857. The van der Waals surface area contributed by atoms with E-state index >= 15 is 0 Å². The highest BCUT2D eigenvalue weighted by Crippen LogP contribution is 2.28. The number of carbonyl (C=O) groups excluding carboxylic acids is 2. The molecule has 0 aliphatic carbocycles. The lowest BCUT2D eigenvalue weighted by atomic mass is 10.1. The van der Waals surface area contributed by atoms with Gasteiger partial charge in [-0.25, -0.2) is 4.98 Å². The molecule has 156 valence electrons. The molecule has 29 heavy (non-hydrogen) atoms. The summed E-state index contributed by atoms with van der Waals surface area (Å²) in [6.07, 6.45) is 0.859. The second kappa shape index (κ2) is 9.05. The van der Waals surface area contributed by atoms with Crippen LogP contribution in [-0.2, 0) is 4.79 Å². The molecule has 1 aliphatic heterocycles. The normalized spacial score (nSPS) is 15.8. The van der Waals surface area contributed by atoms with Crippen LogP contribution in [0.2, 0.25) is 0 Å². The van der Waals surface area contributed by atoms with Crippen LogP contribution in [0.5, 0.6) is 0 Å². The van der Waals surface area contributed by atoms with Crippen LogP contribution in [0.25, 0.3) is 10.6 Å². The number of amides is 2. The van der Waals surface area contributed by atoms with Gasteiger partial charge in [0.25, 0.3) is 5.91 Å². The van der Waals surface area contributed by atoms with Crippen LogP contribution in [0.15, 0.2) is 30.3 Å². The fourth-order valence-corrected chi connectivity index (χ4v) is 4.48. The van der Waals surface area contributed by atoms with Crippen LogP contribution in [-0.4, -0.2) is 64.9 Å². The Hall–Kier alpha value is -2.25. The largest absolute Gasteiger partial charge is 0.350 e. The summed E-state index contributed by atoms with van der Waals surface area (Å²) in [6, 6.07) is 9.96. The molecule has 2 amide bonds. The molecule has 1 aromatic heterocycles. The van der Waals surface area contributed by atoms with Gasteiger partial charge in [-0.05, 0) is 34.1 Å². The van der Waals surface area contributed by atoms with Gasteiger partial charge in [0.2, 0.25) is 5.91 Å². The third-order valence-corrected chi connectivity index (χ3v) is 5.96. The Morgan fingerprint density at radius 3 is 2.52 bits per heavy atom. The third-order valence-electron chi connectivity index (χ3n) is 4.77. The average molecular weight is 415 g/mol. The van der Waals surface area contributed by atoms with Gasteiger partial charge in [0.05, 0.1) is 12.2 Å². The molecule has 1 saturated heterocycles. The molecule has 0 unspecified atom stereocenters. The summed E-state index contributed by atoms with van der Waals surface area (Å²) in [7, 11) is 0. The monoisotopic (exact) mass is 414 g/mol. The zero-order valence-electron chi connectivity index (χ0n) is 17.7. The minimum atomic E-state index is -0.231. The first-order valence-corrected chi connectivity index (χ1v) is 10.9. The van der Waals surface area contributed by atoms with E-state index < -0.39 is 0 Å². The zero-order valence-corrected chi connectivity index (χ0v) is 18.5. The van der Waals surface area contributed by atoms with Gasteiger partial charge >= 0.3 is 0 Å². The van der Waals surface area contributed by atoms with Gasteiger partial charge in [0.1, 0.15) is 9.88 Å². The molecule has 7 heteroatoms. The molecule has 2 heterocycles. The zero-order chi connectivity index (χ0) is 21.0. The van der Waals surface area contributed by atoms with E-state index in [1.165, 1.54) is 11.3 Å². The molecule has 0 saturated carbocycles. The molecule has 2 aromatic rings. The minimum Gasteiger partial charge on any atom is -0.350 e. The van der Waals surface area contributed by atoms with Gasteiger partial charge in [-0.2, -0.15) is 0 Å². The highest BCUT2D eigenvalue weighted by molar-refractivity contribution is 7.17. The van der Waals surface area contributed by atoms with Gasteiger partial charge < -0.3 is 10.2 Å². The van der Waals surface area contributed by atoms with Gasteiger partial charge in [0.15, 0.2) is 0 Å². The Labute approximate surface area is 176 Å². The lowest BCUT2D eigenvalue weighted by Crippen LogP contribution is -2.46. The van der Waals surface area contributed by atoms with Gasteiger partial charge in [-0.3, -0.25) is 14.5 Å². The number of benzene rings is 1. The summed E-state index contributed by atoms with van der Waals surface area (Å²) in [5.41, 5.74) is 1.58. The first-order chi connectivity index (χ1) is 13.7. The number of nitrogens with zero attached hydrogens (tertiary/aromatic N) is 3. The summed E-state index contributed by atoms with van der Waals surface area (Å²) in [5.74, 6) is 0.0752. The summed E-state index contributed by atoms with van der Waals surface area (Å²) in [6.45, 7) is 11.1. The van der Waals surface area contributed by atoms with E-state index in [4.69, 9.17) is 0 Å². The van der Waals surface area contributed by atoms with Crippen LogP contribution in [0.4, 0.5) is 0 Å². The van der Waals surface area contributed by atoms with Crippen LogP contribution >= 0.6 is 11.3 Å². The smallest absolute Gasteiger partial charge is 0.265 e. The predicted octanol–water partition coefficient (Wildman–Crippen LogP) is 3.18. The van der Waals surface area contributed by atoms with Crippen molar-refractivity contribution in [1.29, 1.82) is 0 Å². The minimum absolute atomic E-state index is 0.0306. The number of aryl methyl sites for hydroxylation is 1. The summed E-state index contributed by atoms with van der Waals surface area (Å²) >= 11 is 1.46. The van der Waals surface area contributed by atoms with Crippen molar-refractivity contribution in [3.63, 3.8) is 0 Å². The summed E-state index contributed by atoms with van der Waals surface area (Å²) in [4.78, 5) is 34.7. The molecule has 1 aromatic carbocycles. The van der Waals surface area contributed by atoms with Crippen LogP contribution in [0.3, 0.4) is 0 Å². The van der Waals surface area contributed by atoms with E-state index in [1.54, 1.807) is 0 Å². The Kier molecular flexibility index (Phi) is 6.70. The lowest BCUT2D eigenvalue weighted by Gasteiger charge is -2.25. The molecule has 1 aliphatic rings. The number of hydrogen-bond donors (Lipinski definition) is 1. The van der Waals surface area contributed by atoms with Crippen molar-refractivity contribution in [2.75, 3.05) is 32.7 Å². The quantitative estimate of drug-likeness (QED) is 0.835. The van der Waals surface area contributed by atoms with Crippen molar-refractivity contribution in [3.8, 4) is 10.6 Å². The first kappa shape index (κ1) is 21.5. The molecule has 6 nitrogen and oxygen atoms in total. The van der Waals surface area contributed by atoms with Gasteiger partial charge in [-0.15, -0.1) is 11.3 Å². The molecular formula is C22H30N4O2S. The number of hydrogen-bond acceptors (Lipinski definition) is 5. The molecule has 0 radical (unpaired) electrons. The number of thiazole rings is 1. The van der Waals surface area contributed by atoms with E-state index in [-0.39, 0.29) is 17.4 Å². The molecular weight excluding hydrogens is 384 g/mol. The van der Waals surface area contributed by atoms with Gasteiger partial charge in [0, 0.05) is 37.3 Å². The topological polar surface area (TPSA) is 65.5 Å². The van der Waals surface area contributed by atoms with Crippen LogP contribution in [0, 0.1) is 6.92 Å². The molecule has 0 atom stereocenters. The predicted molar refractivity (Wildman–Crippen MR) is 117 cm³/mol. The Balaban J connectivity index is 1.63. The fraction of sp³-hybridized carbons (Fsp3) is 0.500. The third kappa shape index (κ3) is 5.87. The molecule has 1 N–H and O–H groups in total. The van der Waals surface area contributed by atoms with E-state index in [9.17, 15) is 9.59 Å². The molecule has 3 rings (SSSR count). The van der Waals surface area contributed by atoms with E-state index in [1.807, 2.05) is 62.9 Å². The maximum absolute atomic E-state index is 13.1. The number of nitrogens with one attached hydrogen (secondary N) is 1. The number of aromatic nitrogens is 1. The molecule has 0 spiro atoms. The Morgan fingerprint density at radius 2 is 1.83 bits per heavy atom. The van der Waals surface area contributed by atoms with Crippen molar-refractivity contribution in [3.05, 3.63) is 40.9 Å². The van der Waals surface area contributed by atoms with E-state index in [0.29, 0.717) is 31.1 Å². The highest BCUT2D eigenvalue weighted by Gasteiger charge is 2.25. The second-order valence-corrected chi connectivity index (χ2v) is 9.52. The van der Waals surface area contributed by atoms with Crippen molar-refractivity contribution in [1.82, 2.24) is 20.1 Å². The second-order valence-electron chi connectivity index (χ2n) is 8.52. The first-order valence-electron chi connectivity index (χ1n) is 10.1. The van der Waals surface area contributed by atoms with Crippen molar-refractivity contribution < 1.29 is 9.59 Å². The van der Waals surface area contributed by atoms with E-state index in [0.717, 1.165) is 29.2 Å².